The van der Waals surface area contributed by atoms with Gasteiger partial charge in [0.25, 0.3) is 0 Å². The van der Waals surface area contributed by atoms with E-state index < -0.39 is 6.10 Å². The lowest BCUT2D eigenvalue weighted by Gasteiger charge is -2.36. The Bertz CT molecular complexity index is 924. The summed E-state index contributed by atoms with van der Waals surface area (Å²) in [6.45, 7) is 2.77. The number of rotatable bonds is 5. The molecule has 33 heavy (non-hydrogen) atoms. The molecule has 1 aromatic rings. The first kappa shape index (κ1) is 24.1. The van der Waals surface area contributed by atoms with Crippen molar-refractivity contribution < 1.29 is 19.5 Å². The summed E-state index contributed by atoms with van der Waals surface area (Å²) in [6.07, 6.45) is 3.76. The van der Waals surface area contributed by atoms with Crippen LogP contribution in [0.4, 0.5) is 10.5 Å². The number of hydrogen-bond donors (Lipinski definition) is 2. The number of halogens is 2. The van der Waals surface area contributed by atoms with Gasteiger partial charge in [-0.2, -0.15) is 0 Å². The second kappa shape index (κ2) is 10.1. The molecule has 4 amide bonds. The fraction of sp³-hybridized carbons (Fsp3) is 0.609. The highest BCUT2D eigenvalue weighted by atomic mass is 35.5. The van der Waals surface area contributed by atoms with Crippen molar-refractivity contribution in [2.75, 3.05) is 44.6 Å². The first-order valence-corrected chi connectivity index (χ1v) is 12.3. The van der Waals surface area contributed by atoms with Gasteiger partial charge in [-0.15, -0.1) is 0 Å². The summed E-state index contributed by atoms with van der Waals surface area (Å²) in [4.78, 5) is 42.8. The molecule has 1 saturated carbocycles. The zero-order chi connectivity index (χ0) is 23.6. The fourth-order valence-corrected chi connectivity index (χ4v) is 4.95. The Labute approximate surface area is 203 Å². The summed E-state index contributed by atoms with van der Waals surface area (Å²) >= 11 is 11.9. The number of nitrogens with zero attached hydrogens (tertiary/aromatic N) is 3. The van der Waals surface area contributed by atoms with Gasteiger partial charge in [0.15, 0.2) is 0 Å². The normalized spacial score (nSPS) is 22.3. The molecule has 0 bridgehead atoms. The molecular weight excluding hydrogens is 467 g/mol. The zero-order valence-electron chi connectivity index (χ0n) is 18.6. The predicted octanol–water partition coefficient (Wildman–Crippen LogP) is 3.21. The van der Waals surface area contributed by atoms with Crippen molar-refractivity contribution in [1.29, 1.82) is 0 Å². The number of β-amino-alcohol motifs (C(OH)–C–C–N with tert-alkyl or cyclic N) is 1. The van der Waals surface area contributed by atoms with E-state index in [4.69, 9.17) is 23.2 Å². The van der Waals surface area contributed by atoms with Gasteiger partial charge in [0, 0.05) is 57.8 Å². The molecule has 1 atom stereocenters. The third kappa shape index (κ3) is 5.73. The lowest BCUT2D eigenvalue weighted by Crippen LogP contribution is -2.47. The maximum Gasteiger partial charge on any atom is 0.321 e. The monoisotopic (exact) mass is 496 g/mol. The van der Waals surface area contributed by atoms with E-state index in [-0.39, 0.29) is 29.7 Å². The molecule has 10 heteroatoms. The average molecular weight is 497 g/mol. The number of urea groups is 1. The summed E-state index contributed by atoms with van der Waals surface area (Å²) in [6, 6.07) is 4.57. The van der Waals surface area contributed by atoms with Gasteiger partial charge in [0.2, 0.25) is 11.8 Å². The van der Waals surface area contributed by atoms with Gasteiger partial charge in [0.1, 0.15) is 0 Å². The van der Waals surface area contributed by atoms with Crippen LogP contribution in [-0.4, -0.2) is 83.0 Å². The molecule has 2 aliphatic heterocycles. The van der Waals surface area contributed by atoms with Gasteiger partial charge in [0.05, 0.1) is 16.1 Å². The highest BCUT2D eigenvalue weighted by Gasteiger charge is 2.51. The number of likely N-dealkylation sites (tertiary alicyclic amines) is 1. The van der Waals surface area contributed by atoms with E-state index in [9.17, 15) is 19.5 Å². The number of aliphatic hydroxyl groups is 1. The summed E-state index contributed by atoms with van der Waals surface area (Å²) in [7, 11) is 0. The molecular formula is C23H30Cl2N4O4. The van der Waals surface area contributed by atoms with Crippen LogP contribution < -0.4 is 5.32 Å². The van der Waals surface area contributed by atoms with Crippen LogP contribution in [0.5, 0.6) is 0 Å². The minimum absolute atomic E-state index is 0.0173. The summed E-state index contributed by atoms with van der Waals surface area (Å²) < 4.78 is 0. The smallest absolute Gasteiger partial charge is 0.321 e. The summed E-state index contributed by atoms with van der Waals surface area (Å²) in [5, 5.41) is 13.9. The van der Waals surface area contributed by atoms with Crippen molar-refractivity contribution in [2.24, 2.45) is 5.41 Å². The van der Waals surface area contributed by atoms with E-state index in [1.807, 2.05) is 0 Å². The molecule has 0 aromatic heterocycles. The highest BCUT2D eigenvalue weighted by Crippen LogP contribution is 2.53. The zero-order valence-corrected chi connectivity index (χ0v) is 20.1. The Balaban J connectivity index is 1.21. The molecule has 4 rings (SSSR count). The number of nitrogens with one attached hydrogen (secondary N) is 1. The van der Waals surface area contributed by atoms with Crippen LogP contribution in [0, 0.1) is 5.41 Å². The molecule has 0 radical (unpaired) electrons. The van der Waals surface area contributed by atoms with Gasteiger partial charge < -0.3 is 25.1 Å². The van der Waals surface area contributed by atoms with Crippen molar-refractivity contribution in [2.45, 2.75) is 44.6 Å². The molecule has 8 nitrogen and oxygen atoms in total. The average Bonchev–Trinajstić information content (AvgIpc) is 3.59. The van der Waals surface area contributed by atoms with E-state index in [1.54, 1.807) is 32.9 Å². The van der Waals surface area contributed by atoms with E-state index in [1.165, 1.54) is 0 Å². The predicted molar refractivity (Wildman–Crippen MR) is 126 cm³/mol. The molecule has 1 spiro atoms. The Kier molecular flexibility index (Phi) is 7.36. The Morgan fingerprint density at radius 1 is 1.06 bits per heavy atom. The number of anilines is 1. The maximum absolute atomic E-state index is 12.6. The second-order valence-electron chi connectivity index (χ2n) is 9.25. The van der Waals surface area contributed by atoms with E-state index in [0.717, 1.165) is 19.3 Å². The molecule has 2 saturated heterocycles. The number of carbonyl (C=O) groups is 3. The standard InChI is InChI=1S/C23H30Cl2N4O4/c24-17-4-3-16(14-18(17)25)26-22(33)28-10-5-21(32)27(12-13-28)9-1-2-20(31)29-11-8-23(6-7-23)19(30)15-29/h3-4,14,19,30H,1-2,5-13,15H2,(H,26,33)/t19-/m1/s1. The summed E-state index contributed by atoms with van der Waals surface area (Å²) in [5.74, 6) is 0.0193. The molecule has 3 fully saturated rings. The SMILES string of the molecule is O=C1CCN(C(=O)Nc2ccc(Cl)c(Cl)c2)CCN1CCCC(=O)N1CCC2(CC2)[C@H](O)C1. The van der Waals surface area contributed by atoms with Crippen LogP contribution in [0.2, 0.25) is 10.0 Å². The topological polar surface area (TPSA) is 93.2 Å². The third-order valence-corrected chi connectivity index (χ3v) is 7.83. The Hall–Kier alpha value is -2.03. The first-order valence-electron chi connectivity index (χ1n) is 11.5. The van der Waals surface area contributed by atoms with E-state index >= 15 is 0 Å². The Morgan fingerprint density at radius 3 is 2.55 bits per heavy atom. The number of hydrogen-bond acceptors (Lipinski definition) is 4. The molecule has 2 heterocycles. The maximum atomic E-state index is 12.6. The van der Waals surface area contributed by atoms with Crippen molar-refractivity contribution >= 4 is 46.7 Å². The molecule has 1 aromatic carbocycles. The van der Waals surface area contributed by atoms with E-state index in [2.05, 4.69) is 5.32 Å². The number of piperidine rings is 1. The van der Waals surface area contributed by atoms with Gasteiger partial charge in [-0.25, -0.2) is 4.79 Å². The van der Waals surface area contributed by atoms with Crippen LogP contribution in [0.15, 0.2) is 18.2 Å². The van der Waals surface area contributed by atoms with Crippen LogP contribution in [-0.2, 0) is 9.59 Å². The Morgan fingerprint density at radius 2 is 1.85 bits per heavy atom. The van der Waals surface area contributed by atoms with Crippen molar-refractivity contribution in [1.82, 2.24) is 14.7 Å². The second-order valence-corrected chi connectivity index (χ2v) is 10.1. The van der Waals surface area contributed by atoms with Crippen molar-refractivity contribution in [3.05, 3.63) is 28.2 Å². The molecule has 2 N–H and O–H groups in total. The summed E-state index contributed by atoms with van der Waals surface area (Å²) in [5.41, 5.74) is 0.614. The van der Waals surface area contributed by atoms with Gasteiger partial charge in [-0.1, -0.05) is 23.2 Å². The van der Waals surface area contributed by atoms with Gasteiger partial charge >= 0.3 is 6.03 Å². The lowest BCUT2D eigenvalue weighted by molar-refractivity contribution is -0.137. The molecule has 180 valence electrons. The van der Waals surface area contributed by atoms with Crippen molar-refractivity contribution in [3.8, 4) is 0 Å². The number of benzene rings is 1. The minimum Gasteiger partial charge on any atom is -0.391 e. The highest BCUT2D eigenvalue weighted by molar-refractivity contribution is 6.42. The number of carbonyl (C=O) groups excluding carboxylic acids is 3. The van der Waals surface area contributed by atoms with E-state index in [0.29, 0.717) is 67.8 Å². The first-order chi connectivity index (χ1) is 15.8. The van der Waals surface area contributed by atoms with Crippen LogP contribution >= 0.6 is 23.2 Å². The quantitative estimate of drug-likeness (QED) is 0.654. The fourth-order valence-electron chi connectivity index (χ4n) is 4.65. The third-order valence-electron chi connectivity index (χ3n) is 7.09. The molecule has 1 aliphatic carbocycles. The largest absolute Gasteiger partial charge is 0.391 e. The van der Waals surface area contributed by atoms with Gasteiger partial charge in [-0.3, -0.25) is 9.59 Å². The van der Waals surface area contributed by atoms with Crippen molar-refractivity contribution in [3.63, 3.8) is 0 Å². The van der Waals surface area contributed by atoms with Crippen LogP contribution in [0.3, 0.4) is 0 Å². The van der Waals surface area contributed by atoms with Crippen LogP contribution in [0.25, 0.3) is 0 Å². The lowest BCUT2D eigenvalue weighted by atomic mass is 9.90. The van der Waals surface area contributed by atoms with Gasteiger partial charge in [-0.05, 0) is 49.3 Å². The minimum atomic E-state index is -0.414. The molecule has 3 aliphatic rings. The molecule has 0 unspecified atom stereocenters. The number of amides is 4. The van der Waals surface area contributed by atoms with Crippen LogP contribution in [0.1, 0.15) is 38.5 Å². The number of aliphatic hydroxyl groups excluding tert-OH is 1.